The van der Waals surface area contributed by atoms with Gasteiger partial charge in [-0.1, -0.05) is 17.7 Å². The van der Waals surface area contributed by atoms with Crippen molar-refractivity contribution in [1.82, 2.24) is 5.32 Å². The van der Waals surface area contributed by atoms with Crippen LogP contribution in [0.5, 0.6) is 0 Å². The van der Waals surface area contributed by atoms with Crippen molar-refractivity contribution in [3.05, 3.63) is 28.8 Å². The molecule has 0 aliphatic carbocycles. The first kappa shape index (κ1) is 11.6. The molecule has 1 saturated heterocycles. The maximum absolute atomic E-state index is 11.6. The number of imide groups is 2. The zero-order valence-corrected chi connectivity index (χ0v) is 9.75. The van der Waals surface area contributed by atoms with Gasteiger partial charge in [-0.25, -0.2) is 9.69 Å². The average molecular weight is 253 g/mol. The number of hydrogen-bond donors (Lipinski definition) is 1. The number of nitrogens with one attached hydrogen (secondary N) is 1. The van der Waals surface area contributed by atoms with Gasteiger partial charge in [-0.3, -0.25) is 14.9 Å². The Hall–Kier alpha value is -1.88. The molecule has 1 aliphatic heterocycles. The third kappa shape index (κ3) is 2.14. The lowest BCUT2D eigenvalue weighted by atomic mass is 10.2. The summed E-state index contributed by atoms with van der Waals surface area (Å²) < 4.78 is 0. The van der Waals surface area contributed by atoms with Crippen LogP contribution in [0.15, 0.2) is 18.2 Å². The van der Waals surface area contributed by atoms with E-state index in [9.17, 15) is 14.4 Å². The lowest BCUT2D eigenvalue weighted by Gasteiger charge is -2.25. The molecule has 17 heavy (non-hydrogen) atoms. The van der Waals surface area contributed by atoms with Gasteiger partial charge >= 0.3 is 6.03 Å². The molecule has 1 fully saturated rings. The van der Waals surface area contributed by atoms with Crippen molar-refractivity contribution in [3.63, 3.8) is 0 Å². The molecular formula is C11H9ClN2O3. The first-order valence-electron chi connectivity index (χ1n) is 4.92. The number of aryl methyl sites for hydroxylation is 1. The molecule has 0 radical (unpaired) electrons. The fourth-order valence-electron chi connectivity index (χ4n) is 1.59. The highest BCUT2D eigenvalue weighted by atomic mass is 35.5. The lowest BCUT2D eigenvalue weighted by Crippen LogP contribution is -2.53. The zero-order chi connectivity index (χ0) is 12.6. The van der Waals surface area contributed by atoms with Crippen molar-refractivity contribution in [3.8, 4) is 0 Å². The van der Waals surface area contributed by atoms with Crippen LogP contribution >= 0.6 is 11.6 Å². The quantitative estimate of drug-likeness (QED) is 0.773. The van der Waals surface area contributed by atoms with Crippen LogP contribution in [0.4, 0.5) is 10.5 Å². The predicted molar refractivity (Wildman–Crippen MR) is 61.8 cm³/mol. The number of carbonyl (C=O) groups is 3. The molecule has 1 aromatic carbocycles. The summed E-state index contributed by atoms with van der Waals surface area (Å²) in [6.45, 7) is 1.84. The average Bonchev–Trinajstić information content (AvgIpc) is 2.19. The minimum atomic E-state index is -0.767. The van der Waals surface area contributed by atoms with E-state index in [4.69, 9.17) is 11.6 Å². The molecular weight excluding hydrogens is 244 g/mol. The van der Waals surface area contributed by atoms with Gasteiger partial charge in [0.05, 0.1) is 10.7 Å². The number of amides is 4. The maximum atomic E-state index is 11.6. The van der Waals surface area contributed by atoms with Crippen molar-refractivity contribution < 1.29 is 14.4 Å². The van der Waals surface area contributed by atoms with E-state index in [0.29, 0.717) is 5.02 Å². The van der Waals surface area contributed by atoms with E-state index in [0.717, 1.165) is 10.5 Å². The summed E-state index contributed by atoms with van der Waals surface area (Å²) in [6.07, 6.45) is -0.351. The summed E-state index contributed by atoms with van der Waals surface area (Å²) in [7, 11) is 0. The highest BCUT2D eigenvalue weighted by Crippen LogP contribution is 2.28. The molecule has 1 heterocycles. The third-order valence-electron chi connectivity index (χ3n) is 2.35. The van der Waals surface area contributed by atoms with Crippen molar-refractivity contribution >= 4 is 35.1 Å². The summed E-state index contributed by atoms with van der Waals surface area (Å²) in [5.74, 6) is -1.18. The fraction of sp³-hybridized carbons (Fsp3) is 0.182. The predicted octanol–water partition coefficient (Wildman–Crippen LogP) is 1.62. The highest BCUT2D eigenvalue weighted by Gasteiger charge is 2.33. The Bertz CT molecular complexity index is 507. The molecule has 5 nitrogen and oxygen atoms in total. The molecule has 0 saturated carbocycles. The Morgan fingerprint density at radius 3 is 2.59 bits per heavy atom. The first-order valence-corrected chi connectivity index (χ1v) is 5.30. The van der Waals surface area contributed by atoms with Crippen LogP contribution in [0, 0.1) is 6.92 Å². The van der Waals surface area contributed by atoms with Gasteiger partial charge in [-0.2, -0.15) is 0 Å². The van der Waals surface area contributed by atoms with E-state index >= 15 is 0 Å². The molecule has 1 N–H and O–H groups in total. The van der Waals surface area contributed by atoms with E-state index < -0.39 is 17.8 Å². The molecule has 0 bridgehead atoms. The third-order valence-corrected chi connectivity index (χ3v) is 2.66. The van der Waals surface area contributed by atoms with Crippen LogP contribution in [0.25, 0.3) is 0 Å². The Morgan fingerprint density at radius 2 is 2.00 bits per heavy atom. The van der Waals surface area contributed by atoms with Crippen LogP contribution in [-0.4, -0.2) is 17.8 Å². The van der Waals surface area contributed by atoms with E-state index in [2.05, 4.69) is 5.32 Å². The zero-order valence-electron chi connectivity index (χ0n) is 8.99. The van der Waals surface area contributed by atoms with Crippen LogP contribution < -0.4 is 10.2 Å². The molecule has 0 spiro atoms. The van der Waals surface area contributed by atoms with Crippen molar-refractivity contribution in [1.29, 1.82) is 0 Å². The summed E-state index contributed by atoms with van der Waals surface area (Å²) in [4.78, 5) is 35.1. The molecule has 0 aromatic heterocycles. The molecule has 0 unspecified atom stereocenters. The van der Waals surface area contributed by atoms with Crippen LogP contribution in [-0.2, 0) is 9.59 Å². The SMILES string of the molecule is Cc1ccc(N2C(=O)CC(=O)NC2=O)c(Cl)c1. The Kier molecular flexibility index (Phi) is 2.85. The number of anilines is 1. The number of rotatable bonds is 1. The van der Waals surface area contributed by atoms with E-state index in [1.165, 1.54) is 0 Å². The molecule has 88 valence electrons. The maximum Gasteiger partial charge on any atom is 0.335 e. The molecule has 0 atom stereocenters. The molecule has 4 amide bonds. The topological polar surface area (TPSA) is 66.5 Å². The number of nitrogens with zero attached hydrogens (tertiary/aromatic N) is 1. The van der Waals surface area contributed by atoms with Crippen LogP contribution in [0.1, 0.15) is 12.0 Å². The van der Waals surface area contributed by atoms with Gasteiger partial charge in [-0.05, 0) is 24.6 Å². The standard InChI is InChI=1S/C11H9ClN2O3/c1-6-2-3-8(7(12)4-6)14-10(16)5-9(15)13-11(14)17/h2-4H,5H2,1H3,(H,13,15,17). The Morgan fingerprint density at radius 1 is 1.29 bits per heavy atom. The smallest absolute Gasteiger partial charge is 0.277 e. The molecule has 2 rings (SSSR count). The Labute approximate surface area is 102 Å². The number of benzene rings is 1. The number of halogens is 1. The van der Waals surface area contributed by atoms with Crippen molar-refractivity contribution in [2.45, 2.75) is 13.3 Å². The fourth-order valence-corrected chi connectivity index (χ4v) is 1.91. The van der Waals surface area contributed by atoms with Crippen molar-refractivity contribution in [2.24, 2.45) is 0 Å². The van der Waals surface area contributed by atoms with Crippen molar-refractivity contribution in [2.75, 3.05) is 4.90 Å². The normalized spacial score (nSPS) is 16.1. The van der Waals surface area contributed by atoms with E-state index in [1.54, 1.807) is 18.2 Å². The lowest BCUT2D eigenvalue weighted by molar-refractivity contribution is -0.128. The minimum absolute atomic E-state index is 0.285. The van der Waals surface area contributed by atoms with Gasteiger partial charge in [0, 0.05) is 0 Å². The minimum Gasteiger partial charge on any atom is -0.277 e. The number of carbonyl (C=O) groups excluding carboxylic acids is 3. The number of barbiturate groups is 1. The molecule has 1 aliphatic rings. The second kappa shape index (κ2) is 4.18. The van der Waals surface area contributed by atoms with Crippen LogP contribution in [0.3, 0.4) is 0 Å². The first-order chi connectivity index (χ1) is 7.99. The van der Waals surface area contributed by atoms with Gasteiger partial charge < -0.3 is 0 Å². The molecule has 6 heteroatoms. The second-order valence-corrected chi connectivity index (χ2v) is 4.12. The summed E-state index contributed by atoms with van der Waals surface area (Å²) in [6, 6.07) is 4.19. The summed E-state index contributed by atoms with van der Waals surface area (Å²) >= 11 is 5.97. The summed E-state index contributed by atoms with van der Waals surface area (Å²) in [5.41, 5.74) is 1.20. The largest absolute Gasteiger partial charge is 0.335 e. The van der Waals surface area contributed by atoms with Gasteiger partial charge in [0.1, 0.15) is 6.42 Å². The van der Waals surface area contributed by atoms with Gasteiger partial charge in [0.15, 0.2) is 0 Å². The van der Waals surface area contributed by atoms with E-state index in [-0.39, 0.29) is 12.1 Å². The second-order valence-electron chi connectivity index (χ2n) is 3.71. The van der Waals surface area contributed by atoms with Gasteiger partial charge in [-0.15, -0.1) is 0 Å². The monoisotopic (exact) mass is 252 g/mol. The van der Waals surface area contributed by atoms with Gasteiger partial charge in [0.25, 0.3) is 0 Å². The van der Waals surface area contributed by atoms with E-state index in [1.807, 2.05) is 6.92 Å². The summed E-state index contributed by atoms with van der Waals surface area (Å²) in [5, 5.41) is 2.36. The molecule has 1 aromatic rings. The Balaban J connectivity index is 2.42. The number of urea groups is 1. The van der Waals surface area contributed by atoms with Crippen LogP contribution in [0.2, 0.25) is 5.02 Å². The number of hydrogen-bond acceptors (Lipinski definition) is 3. The van der Waals surface area contributed by atoms with Gasteiger partial charge in [0.2, 0.25) is 11.8 Å². The highest BCUT2D eigenvalue weighted by molar-refractivity contribution is 6.36.